The van der Waals surface area contributed by atoms with E-state index in [1.807, 2.05) is 20.8 Å². The Morgan fingerprint density at radius 2 is 1.79 bits per heavy atom. The Morgan fingerprint density at radius 1 is 1.15 bits per heavy atom. The van der Waals surface area contributed by atoms with Crippen LogP contribution in [0.15, 0.2) is 24.3 Å². The van der Waals surface area contributed by atoms with Crippen LogP contribution in [0, 0.1) is 27.4 Å². The number of benzene rings is 1. The maximum atomic E-state index is 14.0. The van der Waals surface area contributed by atoms with Crippen LogP contribution in [0.25, 0.3) is 0 Å². The first-order valence-corrected chi connectivity index (χ1v) is 11.9. The van der Waals surface area contributed by atoms with Crippen molar-refractivity contribution in [2.75, 3.05) is 13.7 Å². The molecule has 0 N–H and O–H groups in total. The molecule has 1 aliphatic heterocycles. The molecule has 0 aromatic heterocycles. The van der Waals surface area contributed by atoms with Crippen LogP contribution < -0.4 is 4.74 Å². The van der Waals surface area contributed by atoms with Crippen molar-refractivity contribution in [2.24, 2.45) is 17.3 Å². The molecule has 0 spiro atoms. The average molecular weight is 461 g/mol. The minimum atomic E-state index is -1.18. The number of rotatable bonds is 6. The summed E-state index contributed by atoms with van der Waals surface area (Å²) >= 11 is 0. The first-order chi connectivity index (χ1) is 15.6. The van der Waals surface area contributed by atoms with E-state index in [9.17, 15) is 19.7 Å². The second-order valence-electron chi connectivity index (χ2n) is 10.1. The Hall–Kier alpha value is -2.64. The summed E-state index contributed by atoms with van der Waals surface area (Å²) in [6, 6.07) is 3.92. The summed E-state index contributed by atoms with van der Waals surface area (Å²) < 4.78 is 10.9. The number of nitrogens with zero attached hydrogens (tertiary/aromatic N) is 2. The molecule has 0 radical (unpaired) electrons. The monoisotopic (exact) mass is 460 g/mol. The van der Waals surface area contributed by atoms with Gasteiger partial charge in [0.15, 0.2) is 0 Å². The number of amides is 1. The average Bonchev–Trinajstić information content (AvgIpc) is 3.16. The number of methoxy groups -OCH3 is 1. The van der Waals surface area contributed by atoms with Crippen LogP contribution in [0.4, 0.5) is 0 Å². The highest BCUT2D eigenvalue weighted by Crippen LogP contribution is 2.51. The van der Waals surface area contributed by atoms with Gasteiger partial charge < -0.3 is 14.4 Å². The lowest BCUT2D eigenvalue weighted by molar-refractivity contribution is -0.536. The topological polar surface area (TPSA) is 99.0 Å². The predicted molar refractivity (Wildman–Crippen MR) is 123 cm³/mol. The lowest BCUT2D eigenvalue weighted by Gasteiger charge is -2.35. The SMILES string of the molecule is CCOC(=O)C1C(C(C)(C)C)C([N+](=O)[O-])C(c2ccccc2OC)N1C(=O)C1CCCCC1. The third-order valence-electron chi connectivity index (χ3n) is 7.07. The van der Waals surface area contributed by atoms with E-state index in [1.54, 1.807) is 31.2 Å². The molecule has 4 unspecified atom stereocenters. The molecule has 4 atom stereocenters. The number of nitro groups is 1. The quantitative estimate of drug-likeness (QED) is 0.354. The molecule has 182 valence electrons. The van der Waals surface area contributed by atoms with Gasteiger partial charge in [0.1, 0.15) is 17.8 Å². The largest absolute Gasteiger partial charge is 0.496 e. The minimum absolute atomic E-state index is 0.139. The molecule has 1 aromatic rings. The van der Waals surface area contributed by atoms with Crippen molar-refractivity contribution in [1.29, 1.82) is 0 Å². The van der Waals surface area contributed by atoms with Crippen molar-refractivity contribution >= 4 is 11.9 Å². The Morgan fingerprint density at radius 3 is 2.33 bits per heavy atom. The fourth-order valence-electron chi connectivity index (χ4n) is 5.69. The molecule has 2 aliphatic rings. The van der Waals surface area contributed by atoms with Crippen molar-refractivity contribution in [1.82, 2.24) is 4.90 Å². The van der Waals surface area contributed by atoms with Crippen LogP contribution in [0.3, 0.4) is 0 Å². The molecule has 1 amide bonds. The summed E-state index contributed by atoms with van der Waals surface area (Å²) in [4.78, 5) is 41.1. The van der Waals surface area contributed by atoms with Crippen molar-refractivity contribution < 1.29 is 24.0 Å². The van der Waals surface area contributed by atoms with Crippen LogP contribution in [0.2, 0.25) is 0 Å². The van der Waals surface area contributed by atoms with Gasteiger partial charge in [-0.25, -0.2) is 4.79 Å². The van der Waals surface area contributed by atoms with Gasteiger partial charge in [-0.3, -0.25) is 14.9 Å². The van der Waals surface area contributed by atoms with Gasteiger partial charge in [0.2, 0.25) is 11.9 Å². The van der Waals surface area contributed by atoms with E-state index in [1.165, 1.54) is 12.0 Å². The van der Waals surface area contributed by atoms with Gasteiger partial charge >= 0.3 is 5.97 Å². The molecule has 8 nitrogen and oxygen atoms in total. The fourth-order valence-corrected chi connectivity index (χ4v) is 5.69. The van der Waals surface area contributed by atoms with E-state index in [2.05, 4.69) is 0 Å². The lowest BCUT2D eigenvalue weighted by Crippen LogP contribution is -2.49. The highest BCUT2D eigenvalue weighted by molar-refractivity contribution is 5.88. The molecule has 1 saturated carbocycles. The van der Waals surface area contributed by atoms with Crippen LogP contribution in [0.1, 0.15) is 71.4 Å². The number of esters is 1. The summed E-state index contributed by atoms with van der Waals surface area (Å²) in [5.41, 5.74) is -0.0799. The maximum Gasteiger partial charge on any atom is 0.329 e. The first kappa shape index (κ1) is 25.0. The van der Waals surface area contributed by atoms with Crippen LogP contribution in [-0.4, -0.2) is 47.5 Å². The van der Waals surface area contributed by atoms with Crippen LogP contribution >= 0.6 is 0 Å². The normalized spacial score (nSPS) is 26.2. The summed E-state index contributed by atoms with van der Waals surface area (Å²) in [5.74, 6) is -1.28. The molecule has 1 aromatic carbocycles. The number of hydrogen-bond acceptors (Lipinski definition) is 6. The van der Waals surface area contributed by atoms with Gasteiger partial charge in [-0.2, -0.15) is 0 Å². The molecular weight excluding hydrogens is 424 g/mol. The van der Waals surface area contributed by atoms with Crippen LogP contribution in [-0.2, 0) is 14.3 Å². The van der Waals surface area contributed by atoms with Crippen LogP contribution in [0.5, 0.6) is 5.75 Å². The Kier molecular flexibility index (Phi) is 7.65. The zero-order valence-electron chi connectivity index (χ0n) is 20.3. The molecule has 3 rings (SSSR count). The van der Waals surface area contributed by atoms with E-state index in [0.29, 0.717) is 11.3 Å². The first-order valence-electron chi connectivity index (χ1n) is 11.9. The summed E-state index contributed by atoms with van der Waals surface area (Å²) in [5, 5.41) is 12.6. The smallest absolute Gasteiger partial charge is 0.329 e. The zero-order valence-corrected chi connectivity index (χ0v) is 20.3. The lowest BCUT2D eigenvalue weighted by atomic mass is 9.72. The van der Waals surface area contributed by atoms with E-state index in [-0.39, 0.29) is 23.4 Å². The highest BCUT2D eigenvalue weighted by Gasteiger charge is 2.64. The van der Waals surface area contributed by atoms with Crippen molar-refractivity contribution in [2.45, 2.75) is 77.9 Å². The second kappa shape index (κ2) is 10.1. The van der Waals surface area contributed by atoms with Gasteiger partial charge in [0.25, 0.3) is 0 Å². The zero-order chi connectivity index (χ0) is 24.3. The number of carbonyl (C=O) groups is 2. The standard InChI is InChI=1S/C25H36N2O6/c1-6-33-24(29)22-19(25(2,3)4)21(27(30)31)20(17-14-10-11-15-18(17)32-5)26(22)23(28)16-12-8-7-9-13-16/h10-11,14-16,19-22H,6-9,12-13H2,1-5H3. The second-order valence-corrected chi connectivity index (χ2v) is 10.1. The molecule has 2 fully saturated rings. The summed E-state index contributed by atoms with van der Waals surface area (Å²) in [7, 11) is 1.51. The maximum absolute atomic E-state index is 14.0. The Balaban J connectivity index is 2.25. The van der Waals surface area contributed by atoms with Crippen molar-refractivity contribution in [3.8, 4) is 5.75 Å². The molecule has 1 aliphatic carbocycles. The van der Waals surface area contributed by atoms with E-state index < -0.39 is 35.4 Å². The molecule has 0 bridgehead atoms. The van der Waals surface area contributed by atoms with Gasteiger partial charge in [-0.15, -0.1) is 0 Å². The fraction of sp³-hybridized carbons (Fsp3) is 0.680. The molecule has 8 heteroatoms. The minimum Gasteiger partial charge on any atom is -0.496 e. The number of carbonyl (C=O) groups excluding carboxylic acids is 2. The molecular formula is C25H36N2O6. The van der Waals surface area contributed by atoms with Gasteiger partial charge in [0.05, 0.1) is 19.6 Å². The number of likely N-dealkylation sites (tertiary alicyclic amines) is 1. The Labute approximate surface area is 195 Å². The van der Waals surface area contributed by atoms with Gasteiger partial charge in [-0.1, -0.05) is 58.2 Å². The third-order valence-corrected chi connectivity index (χ3v) is 7.07. The number of hydrogen-bond donors (Lipinski definition) is 0. The molecule has 1 saturated heterocycles. The highest BCUT2D eigenvalue weighted by atomic mass is 16.6. The number of ether oxygens (including phenoxy) is 2. The van der Waals surface area contributed by atoms with Crippen molar-refractivity contribution in [3.63, 3.8) is 0 Å². The Bertz CT molecular complexity index is 874. The summed E-state index contributed by atoms with van der Waals surface area (Å²) in [6.07, 6.45) is 4.41. The molecule has 33 heavy (non-hydrogen) atoms. The van der Waals surface area contributed by atoms with E-state index in [4.69, 9.17) is 9.47 Å². The summed E-state index contributed by atoms with van der Waals surface area (Å²) in [6.45, 7) is 7.49. The number of para-hydroxylation sites is 1. The third kappa shape index (κ3) is 4.84. The van der Waals surface area contributed by atoms with E-state index in [0.717, 1.165) is 32.1 Å². The molecule has 1 heterocycles. The van der Waals surface area contributed by atoms with Crippen molar-refractivity contribution in [3.05, 3.63) is 39.9 Å². The van der Waals surface area contributed by atoms with E-state index >= 15 is 0 Å². The predicted octanol–water partition coefficient (Wildman–Crippen LogP) is 4.40. The van der Waals surface area contributed by atoms with Gasteiger partial charge in [0, 0.05) is 16.4 Å². The van der Waals surface area contributed by atoms with Gasteiger partial charge in [-0.05, 0) is 31.2 Å².